The Morgan fingerprint density at radius 2 is 1.58 bits per heavy atom. The Bertz CT molecular complexity index is 1780. The fourth-order valence-electron chi connectivity index (χ4n) is 3.56. The molecular formula is C22H12F6N6O3S. The minimum absolute atomic E-state index is 0.0367. The van der Waals surface area contributed by atoms with Gasteiger partial charge in [0.15, 0.2) is 11.3 Å². The molecule has 2 aromatic carbocycles. The Morgan fingerprint density at radius 1 is 0.868 bits per heavy atom. The molecule has 16 heteroatoms. The predicted molar refractivity (Wildman–Crippen MR) is 119 cm³/mol. The van der Waals surface area contributed by atoms with Gasteiger partial charge in [0.2, 0.25) is 15.8 Å². The number of sulfonamides is 1. The second-order valence-corrected chi connectivity index (χ2v) is 9.45. The van der Waals surface area contributed by atoms with Gasteiger partial charge >= 0.3 is 12.4 Å². The number of rotatable bonds is 4. The van der Waals surface area contributed by atoms with Gasteiger partial charge in [-0.05, 0) is 42.5 Å². The summed E-state index contributed by atoms with van der Waals surface area (Å²) in [6, 6.07) is 9.40. The van der Waals surface area contributed by atoms with Crippen molar-refractivity contribution in [3.05, 3.63) is 72.1 Å². The standard InChI is InChI=1S/C22H12F6N6O3S/c23-21(24,25)13-3-1-2-12(8-13)16-9-17(22(26,27)28)34-19(31-16)15(10-30-34)20-32-18(33-37-20)11-4-6-14(7-5-11)38(29,35)36/h1-10H,(H2,29,35,36). The van der Waals surface area contributed by atoms with E-state index < -0.39 is 45.0 Å². The maximum Gasteiger partial charge on any atom is 0.433 e. The molecule has 0 saturated carbocycles. The van der Waals surface area contributed by atoms with Gasteiger partial charge in [-0.3, -0.25) is 0 Å². The van der Waals surface area contributed by atoms with Crippen molar-refractivity contribution >= 4 is 15.7 Å². The molecule has 3 aromatic heterocycles. The van der Waals surface area contributed by atoms with Crippen molar-refractivity contribution in [1.29, 1.82) is 0 Å². The van der Waals surface area contributed by atoms with E-state index in [1.807, 2.05) is 0 Å². The van der Waals surface area contributed by atoms with Gasteiger partial charge in [0.1, 0.15) is 5.56 Å². The van der Waals surface area contributed by atoms with Crippen molar-refractivity contribution < 1.29 is 39.3 Å². The molecule has 0 amide bonds. The van der Waals surface area contributed by atoms with E-state index in [1.54, 1.807) is 0 Å². The summed E-state index contributed by atoms with van der Waals surface area (Å²) in [4.78, 5) is 8.08. The maximum absolute atomic E-state index is 13.9. The highest BCUT2D eigenvalue weighted by Gasteiger charge is 2.36. The average Bonchev–Trinajstić information content (AvgIpc) is 3.49. The molecule has 0 fully saturated rings. The lowest BCUT2D eigenvalue weighted by Crippen LogP contribution is -2.14. The largest absolute Gasteiger partial charge is 0.433 e. The summed E-state index contributed by atoms with van der Waals surface area (Å²) in [5, 5.41) is 12.5. The van der Waals surface area contributed by atoms with Crippen LogP contribution in [0.25, 0.3) is 39.7 Å². The molecule has 0 atom stereocenters. The van der Waals surface area contributed by atoms with Gasteiger partial charge in [-0.15, -0.1) is 0 Å². The van der Waals surface area contributed by atoms with Crippen LogP contribution in [-0.2, 0) is 22.4 Å². The molecule has 38 heavy (non-hydrogen) atoms. The van der Waals surface area contributed by atoms with Gasteiger partial charge in [-0.1, -0.05) is 17.3 Å². The van der Waals surface area contributed by atoms with Gasteiger partial charge in [-0.25, -0.2) is 23.1 Å². The van der Waals surface area contributed by atoms with Crippen molar-refractivity contribution in [2.45, 2.75) is 17.2 Å². The number of primary sulfonamides is 1. The summed E-state index contributed by atoms with van der Waals surface area (Å²) < 4.78 is 110. The fourth-order valence-corrected chi connectivity index (χ4v) is 4.08. The number of halogens is 6. The summed E-state index contributed by atoms with van der Waals surface area (Å²) in [5.74, 6) is -0.322. The second kappa shape index (κ2) is 8.63. The highest BCUT2D eigenvalue weighted by atomic mass is 32.2. The first-order valence-corrected chi connectivity index (χ1v) is 11.9. The summed E-state index contributed by atoms with van der Waals surface area (Å²) >= 11 is 0. The summed E-state index contributed by atoms with van der Waals surface area (Å²) in [6.07, 6.45) is -8.66. The third-order valence-corrected chi connectivity index (χ3v) is 6.27. The number of aromatic nitrogens is 5. The zero-order chi connectivity index (χ0) is 27.5. The van der Waals surface area contributed by atoms with Gasteiger partial charge < -0.3 is 4.52 Å². The second-order valence-electron chi connectivity index (χ2n) is 7.89. The average molecular weight is 554 g/mol. The van der Waals surface area contributed by atoms with Crippen LogP contribution < -0.4 is 5.14 Å². The SMILES string of the molecule is NS(=O)(=O)c1ccc(-c2noc(-c3cnn4c(C(F)(F)F)cc(-c5cccc(C(F)(F)F)c5)nc34)n2)cc1. The third kappa shape index (κ3) is 4.70. The van der Waals surface area contributed by atoms with Crippen molar-refractivity contribution in [1.82, 2.24) is 24.7 Å². The smallest absolute Gasteiger partial charge is 0.333 e. The van der Waals surface area contributed by atoms with Crippen molar-refractivity contribution in [3.63, 3.8) is 0 Å². The summed E-state index contributed by atoms with van der Waals surface area (Å²) in [5.41, 5.74) is -3.17. The molecule has 0 bridgehead atoms. The Kier molecular flexibility index (Phi) is 5.75. The molecule has 5 aromatic rings. The predicted octanol–water partition coefficient (Wildman–Crippen LogP) is 4.80. The molecular weight excluding hydrogens is 542 g/mol. The van der Waals surface area contributed by atoms with Crippen LogP contribution in [0.2, 0.25) is 0 Å². The topological polar surface area (TPSA) is 129 Å². The van der Waals surface area contributed by atoms with E-state index in [2.05, 4.69) is 20.2 Å². The zero-order valence-electron chi connectivity index (χ0n) is 18.5. The van der Waals surface area contributed by atoms with Crippen LogP contribution in [0.5, 0.6) is 0 Å². The van der Waals surface area contributed by atoms with Crippen LogP contribution in [0.15, 0.2) is 70.2 Å². The Labute approximate surface area is 208 Å². The molecule has 0 unspecified atom stereocenters. The highest BCUT2D eigenvalue weighted by molar-refractivity contribution is 7.89. The maximum atomic E-state index is 13.9. The zero-order valence-corrected chi connectivity index (χ0v) is 19.3. The number of hydrogen-bond acceptors (Lipinski definition) is 7. The monoisotopic (exact) mass is 554 g/mol. The van der Waals surface area contributed by atoms with E-state index in [4.69, 9.17) is 9.66 Å². The van der Waals surface area contributed by atoms with Crippen molar-refractivity contribution in [2.75, 3.05) is 0 Å². The van der Waals surface area contributed by atoms with E-state index in [0.29, 0.717) is 22.2 Å². The van der Waals surface area contributed by atoms with Crippen LogP contribution in [0.1, 0.15) is 11.3 Å². The molecule has 9 nitrogen and oxygen atoms in total. The molecule has 2 N–H and O–H groups in total. The van der Waals surface area contributed by atoms with Crippen LogP contribution in [-0.4, -0.2) is 33.2 Å². The Hall–Kier alpha value is -4.31. The first kappa shape index (κ1) is 25.3. The van der Waals surface area contributed by atoms with Crippen LogP contribution >= 0.6 is 0 Å². The Balaban J connectivity index is 1.63. The molecule has 0 spiro atoms. The minimum Gasteiger partial charge on any atom is -0.333 e. The molecule has 196 valence electrons. The van der Waals surface area contributed by atoms with Gasteiger partial charge in [0, 0.05) is 11.1 Å². The van der Waals surface area contributed by atoms with Gasteiger partial charge in [0.05, 0.1) is 22.3 Å². The minimum atomic E-state index is -4.94. The molecule has 0 aliphatic rings. The highest BCUT2D eigenvalue weighted by Crippen LogP contribution is 2.36. The van der Waals surface area contributed by atoms with Gasteiger partial charge in [-0.2, -0.15) is 36.4 Å². The van der Waals surface area contributed by atoms with Gasteiger partial charge in [0.25, 0.3) is 5.89 Å². The van der Waals surface area contributed by atoms with Crippen molar-refractivity contribution in [2.24, 2.45) is 5.14 Å². The molecule has 3 heterocycles. The van der Waals surface area contributed by atoms with E-state index in [9.17, 15) is 34.8 Å². The van der Waals surface area contributed by atoms with E-state index in [0.717, 1.165) is 18.3 Å². The van der Waals surface area contributed by atoms with Crippen molar-refractivity contribution in [3.8, 4) is 34.1 Å². The lowest BCUT2D eigenvalue weighted by molar-refractivity contribution is -0.142. The van der Waals surface area contributed by atoms with E-state index >= 15 is 0 Å². The molecule has 0 radical (unpaired) electrons. The molecule has 5 rings (SSSR count). The molecule has 0 saturated heterocycles. The first-order chi connectivity index (χ1) is 17.7. The molecule has 0 aliphatic heterocycles. The van der Waals surface area contributed by atoms with Crippen LogP contribution in [0.3, 0.4) is 0 Å². The number of fused-ring (bicyclic) bond motifs is 1. The third-order valence-electron chi connectivity index (χ3n) is 5.35. The summed E-state index contributed by atoms with van der Waals surface area (Å²) in [6.45, 7) is 0. The number of hydrogen-bond donors (Lipinski definition) is 1. The number of nitrogens with zero attached hydrogens (tertiary/aromatic N) is 5. The van der Waals surface area contributed by atoms with E-state index in [1.165, 1.54) is 30.3 Å². The normalized spacial score (nSPS) is 12.8. The quantitative estimate of drug-likeness (QED) is 0.316. The number of benzene rings is 2. The Morgan fingerprint density at radius 3 is 2.21 bits per heavy atom. The van der Waals surface area contributed by atoms with Crippen LogP contribution in [0.4, 0.5) is 26.3 Å². The number of nitrogens with two attached hydrogens (primary N) is 1. The molecule has 0 aliphatic carbocycles. The lowest BCUT2D eigenvalue weighted by Gasteiger charge is -2.12. The number of alkyl halides is 6. The first-order valence-electron chi connectivity index (χ1n) is 10.3. The fraction of sp³-hybridized carbons (Fsp3) is 0.0909. The van der Waals surface area contributed by atoms with Crippen LogP contribution in [0, 0.1) is 0 Å². The van der Waals surface area contributed by atoms with E-state index in [-0.39, 0.29) is 27.7 Å². The lowest BCUT2D eigenvalue weighted by atomic mass is 10.1. The summed E-state index contributed by atoms with van der Waals surface area (Å²) in [7, 11) is -3.95.